The first-order valence-corrected chi connectivity index (χ1v) is 7.01. The maximum Gasteiger partial charge on any atom is 0.315 e. The number of nitrogens with one attached hydrogen (secondary N) is 3. The molecule has 0 radical (unpaired) electrons. The number of amides is 3. The Bertz CT molecular complexity index is 365. The molecule has 1 unspecified atom stereocenters. The highest BCUT2D eigenvalue weighted by molar-refractivity contribution is 5.86. The van der Waals surface area contributed by atoms with E-state index in [0.29, 0.717) is 32.2 Å². The molecule has 4 N–H and O–H groups in total. The van der Waals surface area contributed by atoms with Crippen LogP contribution in [0.4, 0.5) is 4.79 Å². The third-order valence-electron chi connectivity index (χ3n) is 3.50. The largest absolute Gasteiger partial charge is 0.481 e. The maximum atomic E-state index is 11.7. The number of hydrogen-bond acceptors (Lipinski definition) is 3. The zero-order chi connectivity index (χ0) is 15.1. The Morgan fingerprint density at radius 3 is 2.30 bits per heavy atom. The molecule has 7 heteroatoms. The van der Waals surface area contributed by atoms with Crippen molar-refractivity contribution in [3.63, 3.8) is 0 Å². The number of aliphatic carboxylic acids is 1. The monoisotopic (exact) mass is 285 g/mol. The SMILES string of the molecule is CCNC(=O)C(C)NC(=O)NC1CCC(C(=O)O)CC1. The lowest BCUT2D eigenvalue weighted by molar-refractivity contribution is -0.142. The lowest BCUT2D eigenvalue weighted by Crippen LogP contribution is -2.51. The molecule has 0 spiro atoms. The van der Waals surface area contributed by atoms with Gasteiger partial charge in [0.25, 0.3) is 0 Å². The van der Waals surface area contributed by atoms with E-state index < -0.39 is 12.0 Å². The average Bonchev–Trinajstić information content (AvgIpc) is 2.39. The topological polar surface area (TPSA) is 108 Å². The van der Waals surface area contributed by atoms with Crippen molar-refractivity contribution in [3.8, 4) is 0 Å². The van der Waals surface area contributed by atoms with E-state index in [1.165, 1.54) is 0 Å². The summed E-state index contributed by atoms with van der Waals surface area (Å²) in [6, 6.07) is -1.00. The van der Waals surface area contributed by atoms with Gasteiger partial charge in [-0.15, -0.1) is 0 Å². The lowest BCUT2D eigenvalue weighted by atomic mass is 9.86. The minimum absolute atomic E-state index is 0.0213. The second kappa shape index (κ2) is 7.72. The minimum atomic E-state index is -0.766. The van der Waals surface area contributed by atoms with Crippen molar-refractivity contribution in [2.24, 2.45) is 5.92 Å². The summed E-state index contributed by atoms with van der Waals surface area (Å²) in [7, 11) is 0. The quantitative estimate of drug-likeness (QED) is 0.588. The number of carboxylic acids is 1. The highest BCUT2D eigenvalue weighted by Gasteiger charge is 2.27. The molecule has 1 rings (SSSR count). The summed E-state index contributed by atoms with van der Waals surface area (Å²) in [4.78, 5) is 34.0. The molecule has 0 bridgehead atoms. The molecule has 0 aliphatic heterocycles. The van der Waals surface area contributed by atoms with Crippen molar-refractivity contribution in [2.45, 2.75) is 51.6 Å². The van der Waals surface area contributed by atoms with E-state index in [1.807, 2.05) is 6.92 Å². The smallest absolute Gasteiger partial charge is 0.315 e. The van der Waals surface area contributed by atoms with Crippen LogP contribution in [0.25, 0.3) is 0 Å². The van der Waals surface area contributed by atoms with Crippen molar-refractivity contribution in [1.82, 2.24) is 16.0 Å². The van der Waals surface area contributed by atoms with E-state index >= 15 is 0 Å². The second-order valence-electron chi connectivity index (χ2n) is 5.12. The number of hydrogen-bond donors (Lipinski definition) is 4. The molecule has 114 valence electrons. The predicted octanol–water partition coefficient (Wildman–Crippen LogP) is 0.454. The van der Waals surface area contributed by atoms with Crippen LogP contribution in [0.2, 0.25) is 0 Å². The van der Waals surface area contributed by atoms with Crippen LogP contribution >= 0.6 is 0 Å². The third kappa shape index (κ3) is 5.07. The Kier molecular flexibility index (Phi) is 6.27. The van der Waals surface area contributed by atoms with Crippen LogP contribution in [-0.4, -0.2) is 41.6 Å². The fourth-order valence-corrected chi connectivity index (χ4v) is 2.30. The van der Waals surface area contributed by atoms with E-state index in [2.05, 4.69) is 16.0 Å². The first kappa shape index (κ1) is 16.3. The van der Waals surface area contributed by atoms with Crippen LogP contribution < -0.4 is 16.0 Å². The number of likely N-dealkylation sites (N-methyl/N-ethyl adjacent to an activating group) is 1. The fourth-order valence-electron chi connectivity index (χ4n) is 2.30. The van der Waals surface area contributed by atoms with Gasteiger partial charge in [0.05, 0.1) is 5.92 Å². The number of carbonyl (C=O) groups is 3. The van der Waals surface area contributed by atoms with Crippen molar-refractivity contribution >= 4 is 17.9 Å². The predicted molar refractivity (Wildman–Crippen MR) is 73.2 cm³/mol. The number of rotatable bonds is 5. The van der Waals surface area contributed by atoms with Crippen molar-refractivity contribution in [1.29, 1.82) is 0 Å². The van der Waals surface area contributed by atoms with Gasteiger partial charge in [-0.05, 0) is 39.5 Å². The number of urea groups is 1. The van der Waals surface area contributed by atoms with E-state index in [9.17, 15) is 14.4 Å². The minimum Gasteiger partial charge on any atom is -0.481 e. The standard InChI is InChI=1S/C13H23N3O4/c1-3-14-11(17)8(2)15-13(20)16-10-6-4-9(5-7-10)12(18)19/h8-10H,3-7H2,1-2H3,(H,14,17)(H,18,19)(H2,15,16,20). The molecule has 1 aliphatic carbocycles. The average molecular weight is 285 g/mol. The number of carbonyl (C=O) groups excluding carboxylic acids is 2. The van der Waals surface area contributed by atoms with Crippen LogP contribution in [0.15, 0.2) is 0 Å². The Balaban J connectivity index is 2.30. The first-order valence-electron chi connectivity index (χ1n) is 7.01. The molecular formula is C13H23N3O4. The lowest BCUT2D eigenvalue weighted by Gasteiger charge is -2.27. The van der Waals surface area contributed by atoms with Crippen molar-refractivity contribution in [3.05, 3.63) is 0 Å². The van der Waals surface area contributed by atoms with Crippen LogP contribution in [0, 0.1) is 5.92 Å². The van der Waals surface area contributed by atoms with Gasteiger partial charge in [-0.1, -0.05) is 0 Å². The molecule has 0 heterocycles. The van der Waals surface area contributed by atoms with Crippen LogP contribution in [0.5, 0.6) is 0 Å². The normalized spacial score (nSPS) is 23.5. The molecular weight excluding hydrogens is 262 g/mol. The van der Waals surface area contributed by atoms with Crippen molar-refractivity contribution in [2.75, 3.05) is 6.54 Å². The van der Waals surface area contributed by atoms with Crippen LogP contribution in [-0.2, 0) is 9.59 Å². The molecule has 1 aliphatic rings. The van der Waals surface area contributed by atoms with Gasteiger partial charge < -0.3 is 21.1 Å². The molecule has 0 aromatic heterocycles. The van der Waals surface area contributed by atoms with Gasteiger partial charge >= 0.3 is 12.0 Å². The van der Waals surface area contributed by atoms with Crippen LogP contribution in [0.1, 0.15) is 39.5 Å². The Hall–Kier alpha value is -1.79. The van der Waals surface area contributed by atoms with Crippen molar-refractivity contribution < 1.29 is 19.5 Å². The molecule has 0 aromatic carbocycles. The summed E-state index contributed by atoms with van der Waals surface area (Å²) >= 11 is 0. The maximum absolute atomic E-state index is 11.7. The molecule has 0 saturated heterocycles. The summed E-state index contributed by atoms with van der Waals surface area (Å²) in [5, 5.41) is 16.9. The van der Waals surface area contributed by atoms with E-state index in [4.69, 9.17) is 5.11 Å². The zero-order valence-electron chi connectivity index (χ0n) is 11.9. The Morgan fingerprint density at radius 1 is 1.20 bits per heavy atom. The van der Waals surface area contributed by atoms with Gasteiger partial charge in [0.15, 0.2) is 0 Å². The third-order valence-corrected chi connectivity index (χ3v) is 3.50. The summed E-state index contributed by atoms with van der Waals surface area (Å²) in [5.74, 6) is -1.29. The fraction of sp³-hybridized carbons (Fsp3) is 0.769. The molecule has 7 nitrogen and oxygen atoms in total. The van der Waals surface area contributed by atoms with Gasteiger partial charge in [0, 0.05) is 12.6 Å². The summed E-state index contributed by atoms with van der Waals surface area (Å²) in [6.45, 7) is 3.95. The summed E-state index contributed by atoms with van der Waals surface area (Å²) in [5.41, 5.74) is 0. The molecule has 1 saturated carbocycles. The van der Waals surface area contributed by atoms with Gasteiger partial charge in [-0.2, -0.15) is 0 Å². The van der Waals surface area contributed by atoms with E-state index in [-0.39, 0.29) is 23.9 Å². The van der Waals surface area contributed by atoms with Gasteiger partial charge in [0.1, 0.15) is 6.04 Å². The van der Waals surface area contributed by atoms with E-state index in [1.54, 1.807) is 6.92 Å². The Labute approximate surface area is 118 Å². The van der Waals surface area contributed by atoms with Gasteiger partial charge in [-0.3, -0.25) is 9.59 Å². The zero-order valence-corrected chi connectivity index (χ0v) is 11.9. The molecule has 1 atom stereocenters. The first-order chi connectivity index (χ1) is 9.43. The molecule has 1 fully saturated rings. The van der Waals surface area contributed by atoms with E-state index in [0.717, 1.165) is 0 Å². The Morgan fingerprint density at radius 2 is 1.80 bits per heavy atom. The summed E-state index contributed by atoms with van der Waals surface area (Å²) < 4.78 is 0. The highest BCUT2D eigenvalue weighted by Crippen LogP contribution is 2.24. The number of carboxylic acid groups (broad SMARTS) is 1. The van der Waals surface area contributed by atoms with Gasteiger partial charge in [-0.25, -0.2) is 4.79 Å². The van der Waals surface area contributed by atoms with Gasteiger partial charge in [0.2, 0.25) is 5.91 Å². The molecule has 0 aromatic rings. The molecule has 20 heavy (non-hydrogen) atoms. The highest BCUT2D eigenvalue weighted by atomic mass is 16.4. The summed E-state index contributed by atoms with van der Waals surface area (Å²) in [6.07, 6.45) is 2.46. The molecule has 3 amide bonds. The second-order valence-corrected chi connectivity index (χ2v) is 5.12. The van der Waals surface area contributed by atoms with Crippen LogP contribution in [0.3, 0.4) is 0 Å².